The number of anilines is 1. The van der Waals surface area contributed by atoms with Gasteiger partial charge in [-0.1, -0.05) is 24.2 Å². The number of hydrogen-bond donors (Lipinski definition) is 0. The molecular formula is C24H28N2O7. The lowest BCUT2D eigenvalue weighted by Crippen LogP contribution is -2.23. The van der Waals surface area contributed by atoms with Crippen LogP contribution in [0.15, 0.2) is 47.6 Å². The first kappa shape index (κ1) is 23.9. The van der Waals surface area contributed by atoms with E-state index in [0.717, 1.165) is 12.0 Å². The van der Waals surface area contributed by atoms with Crippen molar-refractivity contribution in [2.24, 2.45) is 5.16 Å². The van der Waals surface area contributed by atoms with Gasteiger partial charge in [0.05, 0.1) is 13.2 Å². The summed E-state index contributed by atoms with van der Waals surface area (Å²) in [6.45, 7) is 7.00. The Morgan fingerprint density at radius 3 is 2.52 bits per heavy atom. The van der Waals surface area contributed by atoms with Gasteiger partial charge in [-0.3, -0.25) is 9.69 Å². The van der Waals surface area contributed by atoms with Gasteiger partial charge in [0.15, 0.2) is 0 Å². The molecule has 0 saturated carbocycles. The Kier molecular flexibility index (Phi) is 8.51. The first-order valence-electron chi connectivity index (χ1n) is 10.8. The lowest BCUT2D eigenvalue weighted by molar-refractivity contribution is -0.131. The van der Waals surface area contributed by atoms with E-state index in [2.05, 4.69) is 5.16 Å². The van der Waals surface area contributed by atoms with E-state index in [-0.39, 0.29) is 12.7 Å². The molecule has 176 valence electrons. The predicted molar refractivity (Wildman–Crippen MR) is 122 cm³/mol. The molecule has 1 saturated heterocycles. The number of esters is 1. The molecule has 2 aromatic rings. The minimum absolute atomic E-state index is 0.0761. The van der Waals surface area contributed by atoms with Crippen LogP contribution in [0.1, 0.15) is 32.8 Å². The third-order valence-electron chi connectivity index (χ3n) is 4.52. The van der Waals surface area contributed by atoms with Crippen LogP contribution in [0.5, 0.6) is 17.2 Å². The fourth-order valence-electron chi connectivity index (χ4n) is 3.11. The fourth-order valence-corrected chi connectivity index (χ4v) is 3.11. The highest BCUT2D eigenvalue weighted by Gasteiger charge is 2.24. The maximum atomic E-state index is 11.9. The first-order valence-corrected chi connectivity index (χ1v) is 10.8. The van der Waals surface area contributed by atoms with Crippen LogP contribution >= 0.6 is 0 Å². The van der Waals surface area contributed by atoms with Crippen molar-refractivity contribution in [2.75, 3.05) is 37.9 Å². The Bertz CT molecular complexity index is 1010. The largest absolute Gasteiger partial charge is 0.494 e. The molecule has 2 aromatic carbocycles. The number of carbonyl (C=O) groups is 2. The van der Waals surface area contributed by atoms with Gasteiger partial charge in [-0.15, -0.1) is 0 Å². The number of rotatable bonds is 11. The van der Waals surface area contributed by atoms with Crippen molar-refractivity contribution < 1.29 is 33.4 Å². The van der Waals surface area contributed by atoms with Gasteiger partial charge in [-0.2, -0.15) is 0 Å². The first-order chi connectivity index (χ1) is 16.0. The van der Waals surface area contributed by atoms with Crippen LogP contribution in [0.2, 0.25) is 0 Å². The number of amides is 1. The lowest BCUT2D eigenvalue weighted by Gasteiger charge is -2.15. The highest BCUT2D eigenvalue weighted by atomic mass is 16.6. The van der Waals surface area contributed by atoms with Gasteiger partial charge in [0.2, 0.25) is 0 Å². The van der Waals surface area contributed by atoms with Gasteiger partial charge >= 0.3 is 12.1 Å². The van der Waals surface area contributed by atoms with Gasteiger partial charge in [0, 0.05) is 36.4 Å². The summed E-state index contributed by atoms with van der Waals surface area (Å²) in [4.78, 5) is 30.3. The van der Waals surface area contributed by atoms with E-state index in [9.17, 15) is 9.59 Å². The van der Waals surface area contributed by atoms with Crippen LogP contribution in [0.3, 0.4) is 0 Å². The van der Waals surface area contributed by atoms with Crippen molar-refractivity contribution in [3.63, 3.8) is 0 Å². The third-order valence-corrected chi connectivity index (χ3v) is 4.52. The fraction of sp³-hybridized carbons (Fsp3) is 0.375. The van der Waals surface area contributed by atoms with E-state index in [4.69, 9.17) is 23.8 Å². The summed E-state index contributed by atoms with van der Waals surface area (Å²) in [6, 6.07) is 12.3. The van der Waals surface area contributed by atoms with Gasteiger partial charge in [-0.05, 0) is 25.5 Å². The second-order valence-electron chi connectivity index (χ2n) is 7.14. The highest BCUT2D eigenvalue weighted by molar-refractivity contribution is 6.03. The van der Waals surface area contributed by atoms with Crippen LogP contribution in [-0.4, -0.2) is 50.7 Å². The molecule has 1 fully saturated rings. The van der Waals surface area contributed by atoms with E-state index in [1.54, 1.807) is 23.1 Å². The van der Waals surface area contributed by atoms with Gasteiger partial charge < -0.3 is 23.8 Å². The van der Waals surface area contributed by atoms with Gasteiger partial charge in [0.1, 0.15) is 42.8 Å². The predicted octanol–water partition coefficient (Wildman–Crippen LogP) is 4.18. The van der Waals surface area contributed by atoms with E-state index < -0.39 is 5.97 Å². The molecule has 0 atom stereocenters. The topological polar surface area (TPSA) is 95.9 Å². The summed E-state index contributed by atoms with van der Waals surface area (Å²) < 4.78 is 21.7. The minimum atomic E-state index is -0.443. The zero-order valence-corrected chi connectivity index (χ0v) is 19.0. The Morgan fingerprint density at radius 1 is 1.09 bits per heavy atom. The molecule has 0 aromatic heterocycles. The van der Waals surface area contributed by atoms with Crippen LogP contribution in [-0.2, 0) is 14.4 Å². The number of carbonyl (C=O) groups excluding carboxylic acids is 2. The second-order valence-corrected chi connectivity index (χ2v) is 7.14. The number of oxime groups is 1. The van der Waals surface area contributed by atoms with E-state index in [1.165, 1.54) is 6.92 Å². The van der Waals surface area contributed by atoms with Crippen LogP contribution in [0, 0.1) is 0 Å². The summed E-state index contributed by atoms with van der Waals surface area (Å²) >= 11 is 0. The van der Waals surface area contributed by atoms with Crippen molar-refractivity contribution in [3.8, 4) is 17.2 Å². The summed E-state index contributed by atoms with van der Waals surface area (Å²) in [7, 11) is 0. The molecule has 1 heterocycles. The van der Waals surface area contributed by atoms with Crippen molar-refractivity contribution in [1.29, 1.82) is 0 Å². The second kappa shape index (κ2) is 11.8. The summed E-state index contributed by atoms with van der Waals surface area (Å²) in [6.07, 6.45) is 0.425. The molecule has 33 heavy (non-hydrogen) atoms. The van der Waals surface area contributed by atoms with Crippen molar-refractivity contribution in [2.45, 2.75) is 27.2 Å². The molecule has 0 radical (unpaired) electrons. The zero-order chi connectivity index (χ0) is 23.6. The van der Waals surface area contributed by atoms with Gasteiger partial charge in [0.25, 0.3) is 0 Å². The molecule has 9 heteroatoms. The SMILES string of the molecule is CCCON=C(COc1cc(OCC)cc(OC(C)=O)c1)c1cccc(N2CCOC2=O)c1. The molecule has 1 amide bonds. The van der Waals surface area contributed by atoms with E-state index in [0.29, 0.717) is 55.0 Å². The average molecular weight is 456 g/mol. The van der Waals surface area contributed by atoms with E-state index in [1.807, 2.05) is 38.1 Å². The number of nitrogens with zero attached hydrogens (tertiary/aromatic N) is 2. The number of cyclic esters (lactones) is 1. The molecule has 0 spiro atoms. The smallest absolute Gasteiger partial charge is 0.414 e. The quantitative estimate of drug-likeness (QED) is 0.165. The Balaban J connectivity index is 1.83. The van der Waals surface area contributed by atoms with Crippen molar-refractivity contribution in [3.05, 3.63) is 48.0 Å². The Morgan fingerprint density at radius 2 is 1.85 bits per heavy atom. The van der Waals surface area contributed by atoms with Crippen LogP contribution < -0.4 is 19.1 Å². The normalized spacial score (nSPS) is 13.5. The highest BCUT2D eigenvalue weighted by Crippen LogP contribution is 2.28. The maximum Gasteiger partial charge on any atom is 0.414 e. The molecule has 0 aliphatic carbocycles. The van der Waals surface area contributed by atoms with Crippen molar-refractivity contribution in [1.82, 2.24) is 0 Å². The lowest BCUT2D eigenvalue weighted by atomic mass is 10.1. The standard InChI is InChI=1S/C24H28N2O7/c1-4-10-32-25-23(18-7-6-8-19(12-18)26-9-11-30-24(26)28)16-31-21-13-20(29-5-2)14-22(15-21)33-17(3)27/h6-8,12-15H,4-5,9-11,16H2,1-3H3. The maximum absolute atomic E-state index is 11.9. The molecule has 9 nitrogen and oxygen atoms in total. The number of ether oxygens (including phenoxy) is 4. The molecule has 0 bridgehead atoms. The zero-order valence-electron chi connectivity index (χ0n) is 19.0. The van der Waals surface area contributed by atoms with E-state index >= 15 is 0 Å². The molecule has 1 aliphatic rings. The average Bonchev–Trinajstić information content (AvgIpc) is 3.22. The minimum Gasteiger partial charge on any atom is -0.494 e. The third kappa shape index (κ3) is 6.86. The molecule has 1 aliphatic heterocycles. The number of benzene rings is 2. The van der Waals surface area contributed by atoms with Crippen molar-refractivity contribution >= 4 is 23.5 Å². The Labute approximate surface area is 192 Å². The molecular weight excluding hydrogens is 428 g/mol. The summed E-state index contributed by atoms with van der Waals surface area (Å²) in [5.74, 6) is 0.835. The molecule has 3 rings (SSSR count). The van der Waals surface area contributed by atoms with Crippen LogP contribution in [0.4, 0.5) is 10.5 Å². The van der Waals surface area contributed by atoms with Crippen LogP contribution in [0.25, 0.3) is 0 Å². The molecule has 0 unspecified atom stereocenters. The molecule has 0 N–H and O–H groups in total. The summed E-state index contributed by atoms with van der Waals surface area (Å²) in [5, 5.41) is 4.26. The monoisotopic (exact) mass is 456 g/mol. The van der Waals surface area contributed by atoms with Gasteiger partial charge in [-0.25, -0.2) is 4.79 Å². The number of hydrogen-bond acceptors (Lipinski definition) is 8. The summed E-state index contributed by atoms with van der Waals surface area (Å²) in [5.41, 5.74) is 1.98. The Hall–Kier alpha value is -3.75.